The summed E-state index contributed by atoms with van der Waals surface area (Å²) in [6.07, 6.45) is 1.64. The van der Waals surface area contributed by atoms with Gasteiger partial charge in [0.2, 0.25) is 15.9 Å². The van der Waals surface area contributed by atoms with Crippen LogP contribution in [0.5, 0.6) is 0 Å². The first-order valence-corrected chi connectivity index (χ1v) is 17.0. The average molecular weight is 662 g/mol. The van der Waals surface area contributed by atoms with E-state index in [-0.39, 0.29) is 49.3 Å². The number of aliphatic carboxylic acids is 1. The Labute approximate surface area is 267 Å². The second kappa shape index (κ2) is 13.2. The van der Waals surface area contributed by atoms with E-state index in [0.717, 1.165) is 24.0 Å². The number of hydrogen-bond acceptors (Lipinski definition) is 4. The van der Waals surface area contributed by atoms with E-state index in [9.17, 15) is 27.5 Å². The first-order chi connectivity index (χ1) is 20.8. The van der Waals surface area contributed by atoms with Gasteiger partial charge in [-0.15, -0.1) is 0 Å². The predicted octanol–water partition coefficient (Wildman–Crippen LogP) is 6.61. The highest BCUT2D eigenvalue weighted by atomic mass is 35.5. The van der Waals surface area contributed by atoms with Crippen molar-refractivity contribution in [3.05, 3.63) is 105 Å². The molecule has 3 aromatic rings. The third kappa shape index (κ3) is 7.62. The van der Waals surface area contributed by atoms with E-state index in [1.54, 1.807) is 36.1 Å². The van der Waals surface area contributed by atoms with Gasteiger partial charge in [0.15, 0.2) is 0 Å². The van der Waals surface area contributed by atoms with Crippen molar-refractivity contribution in [2.75, 3.05) is 12.3 Å². The number of carbonyl (C=O) groups excluding carboxylic acids is 1. The Balaban J connectivity index is 1.52. The van der Waals surface area contributed by atoms with E-state index in [1.165, 1.54) is 18.2 Å². The smallest absolute Gasteiger partial charge is 0.304 e. The van der Waals surface area contributed by atoms with Crippen molar-refractivity contribution < 1.29 is 27.5 Å². The Morgan fingerprint density at radius 2 is 1.75 bits per heavy atom. The largest absolute Gasteiger partial charge is 0.481 e. The maximum Gasteiger partial charge on any atom is 0.304 e. The number of nitrogens with zero attached hydrogens (tertiary/aromatic N) is 1. The zero-order valence-electron chi connectivity index (χ0n) is 24.3. The molecule has 1 aliphatic carbocycles. The van der Waals surface area contributed by atoms with Gasteiger partial charge in [0.05, 0.1) is 23.6 Å². The molecule has 2 fully saturated rings. The molecule has 1 saturated carbocycles. The van der Waals surface area contributed by atoms with Crippen LogP contribution in [0, 0.1) is 17.2 Å². The van der Waals surface area contributed by atoms with Gasteiger partial charge in [-0.2, -0.15) is 0 Å². The van der Waals surface area contributed by atoms with Crippen LogP contribution in [0.3, 0.4) is 0 Å². The van der Waals surface area contributed by atoms with E-state index >= 15 is 0 Å². The molecular weight excluding hydrogens is 626 g/mol. The topological polar surface area (TPSA) is 104 Å². The van der Waals surface area contributed by atoms with Crippen LogP contribution in [0.25, 0.3) is 0 Å². The summed E-state index contributed by atoms with van der Waals surface area (Å²) in [7, 11) is -3.80. The van der Waals surface area contributed by atoms with Crippen LogP contribution in [0.15, 0.2) is 72.8 Å². The van der Waals surface area contributed by atoms with E-state index in [0.29, 0.717) is 15.6 Å². The molecule has 0 aromatic heterocycles. The molecule has 2 aliphatic rings. The van der Waals surface area contributed by atoms with Gasteiger partial charge < -0.3 is 10.0 Å². The summed E-state index contributed by atoms with van der Waals surface area (Å²) in [6.45, 7) is 1.65. The highest BCUT2D eigenvalue weighted by molar-refractivity contribution is 7.89. The molecule has 5 rings (SSSR count). The molecule has 2 N–H and O–H groups in total. The molecule has 7 nitrogen and oxygen atoms in total. The van der Waals surface area contributed by atoms with Crippen molar-refractivity contribution in [3.63, 3.8) is 0 Å². The Kier molecular flexibility index (Phi) is 9.70. The second-order valence-electron chi connectivity index (χ2n) is 12.2. The number of aryl methyl sites for hydroxylation is 1. The standard InChI is InChI=1S/C33H35Cl2FN2O5S/c1-33(19-30(39)40)18-28(24-5-3-6-26(35)17-24)31(23-10-12-25(34)13-11-23)38(32(33)41)29(22-8-9-22)20-37-44(42,43)15-14-21-4-2-7-27(36)16-21/h2-7,10-13,16-17,22,28-29,31,37H,8-9,14-15,18-20H2,1H3,(H,39,40). The lowest BCUT2D eigenvalue weighted by molar-refractivity contribution is -0.161. The molecule has 44 heavy (non-hydrogen) atoms. The Bertz CT molecular complexity index is 1630. The van der Waals surface area contributed by atoms with Crippen LogP contribution < -0.4 is 4.72 Å². The van der Waals surface area contributed by atoms with Crippen LogP contribution in [0.4, 0.5) is 4.39 Å². The molecule has 0 spiro atoms. The fourth-order valence-electron chi connectivity index (χ4n) is 6.45. The number of carbonyl (C=O) groups is 2. The molecule has 234 valence electrons. The number of carboxylic acid groups (broad SMARTS) is 1. The number of benzene rings is 3. The number of hydrogen-bond donors (Lipinski definition) is 2. The molecule has 0 bridgehead atoms. The summed E-state index contributed by atoms with van der Waals surface area (Å²) in [5.41, 5.74) is 0.990. The molecule has 3 aromatic carbocycles. The van der Waals surface area contributed by atoms with Gasteiger partial charge in [-0.25, -0.2) is 17.5 Å². The van der Waals surface area contributed by atoms with Gasteiger partial charge in [-0.05, 0) is 84.7 Å². The number of halogens is 3. The molecule has 11 heteroatoms. The second-order valence-corrected chi connectivity index (χ2v) is 15.0. The predicted molar refractivity (Wildman–Crippen MR) is 169 cm³/mol. The first kappa shape index (κ1) is 32.4. The van der Waals surface area contributed by atoms with Crippen molar-refractivity contribution in [1.82, 2.24) is 9.62 Å². The van der Waals surface area contributed by atoms with Gasteiger partial charge in [0, 0.05) is 28.5 Å². The number of likely N-dealkylation sites (tertiary alicyclic amines) is 1. The molecule has 1 heterocycles. The van der Waals surface area contributed by atoms with E-state index < -0.39 is 39.3 Å². The molecule has 0 radical (unpaired) electrons. The van der Waals surface area contributed by atoms with Gasteiger partial charge >= 0.3 is 5.97 Å². The minimum absolute atomic E-state index is 0.0304. The number of carboxylic acids is 1. The fourth-order valence-corrected chi connectivity index (χ4v) is 7.85. The summed E-state index contributed by atoms with van der Waals surface area (Å²) in [5.74, 6) is -2.39. The van der Waals surface area contributed by atoms with Crippen LogP contribution in [0.1, 0.15) is 61.3 Å². The lowest BCUT2D eigenvalue weighted by Crippen LogP contribution is -2.59. The third-order valence-corrected chi connectivity index (χ3v) is 10.6. The van der Waals surface area contributed by atoms with Gasteiger partial charge in [0.25, 0.3) is 0 Å². The lowest BCUT2D eigenvalue weighted by atomic mass is 9.67. The maximum atomic E-state index is 14.5. The quantitative estimate of drug-likeness (QED) is 0.228. The van der Waals surface area contributed by atoms with Crippen molar-refractivity contribution >= 4 is 45.1 Å². The van der Waals surface area contributed by atoms with Gasteiger partial charge in [-0.1, -0.05) is 66.5 Å². The van der Waals surface area contributed by atoms with Crippen LogP contribution in [0.2, 0.25) is 10.0 Å². The van der Waals surface area contributed by atoms with Crippen molar-refractivity contribution in [3.8, 4) is 0 Å². The van der Waals surface area contributed by atoms with Crippen molar-refractivity contribution in [2.24, 2.45) is 11.3 Å². The fraction of sp³-hybridized carbons (Fsp3) is 0.394. The Morgan fingerprint density at radius 3 is 2.39 bits per heavy atom. The molecule has 4 atom stereocenters. The molecule has 4 unspecified atom stereocenters. The summed E-state index contributed by atoms with van der Waals surface area (Å²) in [5, 5.41) is 10.9. The van der Waals surface area contributed by atoms with E-state index in [4.69, 9.17) is 23.2 Å². The Hall–Kier alpha value is -2.98. The van der Waals surface area contributed by atoms with Gasteiger partial charge in [0.1, 0.15) is 5.82 Å². The number of rotatable bonds is 12. The van der Waals surface area contributed by atoms with E-state index in [1.807, 2.05) is 30.3 Å². The zero-order chi connectivity index (χ0) is 31.6. The van der Waals surface area contributed by atoms with Crippen LogP contribution in [-0.2, 0) is 26.0 Å². The number of nitrogens with one attached hydrogen (secondary N) is 1. The van der Waals surface area contributed by atoms with Gasteiger partial charge in [-0.3, -0.25) is 9.59 Å². The molecular formula is C33H35Cl2FN2O5S. The van der Waals surface area contributed by atoms with Crippen molar-refractivity contribution in [1.29, 1.82) is 0 Å². The molecule has 1 aliphatic heterocycles. The summed E-state index contributed by atoms with van der Waals surface area (Å²) < 4.78 is 42.7. The minimum Gasteiger partial charge on any atom is -0.481 e. The highest BCUT2D eigenvalue weighted by Crippen LogP contribution is 2.54. The first-order valence-electron chi connectivity index (χ1n) is 14.6. The maximum absolute atomic E-state index is 14.5. The number of sulfonamides is 1. The van der Waals surface area contributed by atoms with Crippen molar-refractivity contribution in [2.45, 2.75) is 57.0 Å². The summed E-state index contributed by atoms with van der Waals surface area (Å²) in [4.78, 5) is 28.3. The Morgan fingerprint density at radius 1 is 1.05 bits per heavy atom. The van der Waals surface area contributed by atoms with Crippen LogP contribution >= 0.6 is 23.2 Å². The summed E-state index contributed by atoms with van der Waals surface area (Å²) >= 11 is 12.7. The minimum atomic E-state index is -3.80. The SMILES string of the molecule is CC1(CC(=O)O)CC(c2cccc(Cl)c2)C(c2ccc(Cl)cc2)N(C(CNS(=O)(=O)CCc2cccc(F)c2)C2CC2)C1=O. The highest BCUT2D eigenvalue weighted by Gasteiger charge is 2.54. The summed E-state index contributed by atoms with van der Waals surface area (Å²) in [6, 6.07) is 19.4. The molecule has 1 amide bonds. The van der Waals surface area contributed by atoms with Crippen LogP contribution in [-0.4, -0.2) is 48.6 Å². The number of amides is 1. The normalized spacial score (nSPS) is 23.0. The third-order valence-electron chi connectivity index (χ3n) is 8.72. The molecule has 1 saturated heterocycles. The average Bonchev–Trinajstić information content (AvgIpc) is 3.80. The van der Waals surface area contributed by atoms with E-state index in [2.05, 4.69) is 4.72 Å². The monoisotopic (exact) mass is 660 g/mol. The number of piperidine rings is 1. The zero-order valence-corrected chi connectivity index (χ0v) is 26.6. The lowest BCUT2D eigenvalue weighted by Gasteiger charge is -2.52.